The molecule has 2 N–H and O–H groups in total. The van der Waals surface area contributed by atoms with Gasteiger partial charge in [0, 0.05) is 31.6 Å². The number of aliphatic hydroxyl groups is 1. The van der Waals surface area contributed by atoms with Crippen molar-refractivity contribution in [3.8, 4) is 0 Å². The number of aliphatic hydroxyl groups excluding tert-OH is 1. The molecule has 0 bridgehead atoms. The highest BCUT2D eigenvalue weighted by atomic mass is 16.3. The van der Waals surface area contributed by atoms with Crippen molar-refractivity contribution < 1.29 is 5.11 Å². The van der Waals surface area contributed by atoms with Gasteiger partial charge >= 0.3 is 0 Å². The molecular weight excluding hydrogens is 190 g/mol. The summed E-state index contributed by atoms with van der Waals surface area (Å²) < 4.78 is 2.04. The summed E-state index contributed by atoms with van der Waals surface area (Å²) in [5, 5.41) is 17.4. The van der Waals surface area contributed by atoms with Crippen molar-refractivity contribution >= 4 is 0 Å². The second-order valence-electron chi connectivity index (χ2n) is 4.58. The van der Waals surface area contributed by atoms with Gasteiger partial charge in [0.2, 0.25) is 0 Å². The van der Waals surface area contributed by atoms with Gasteiger partial charge in [0.15, 0.2) is 0 Å². The smallest absolute Gasteiger partial charge is 0.0853 e. The number of hydrogen-bond acceptors (Lipinski definition) is 3. The maximum absolute atomic E-state index is 9.41. The average Bonchev–Trinajstić information content (AvgIpc) is 2.99. The molecular formula is C11H17N3O. The van der Waals surface area contributed by atoms with E-state index in [0.717, 1.165) is 37.7 Å². The zero-order valence-corrected chi connectivity index (χ0v) is 8.87. The molecule has 1 fully saturated rings. The summed E-state index contributed by atoms with van der Waals surface area (Å²) in [6.07, 6.45) is 3.65. The molecule has 1 aliphatic heterocycles. The molecule has 0 atom stereocenters. The van der Waals surface area contributed by atoms with Crippen molar-refractivity contribution in [2.45, 2.75) is 39.0 Å². The molecule has 1 aliphatic carbocycles. The van der Waals surface area contributed by atoms with Gasteiger partial charge in [-0.1, -0.05) is 0 Å². The van der Waals surface area contributed by atoms with Crippen LogP contribution in [0.4, 0.5) is 0 Å². The maximum atomic E-state index is 9.41. The van der Waals surface area contributed by atoms with Gasteiger partial charge in [-0.25, -0.2) is 0 Å². The Morgan fingerprint density at radius 2 is 2.33 bits per heavy atom. The normalized spacial score (nSPS) is 20.3. The van der Waals surface area contributed by atoms with Gasteiger partial charge in [-0.3, -0.25) is 4.68 Å². The Morgan fingerprint density at radius 1 is 1.47 bits per heavy atom. The number of nitrogens with one attached hydrogen (secondary N) is 1. The number of rotatable bonds is 3. The molecule has 4 nitrogen and oxygen atoms in total. The van der Waals surface area contributed by atoms with E-state index in [1.807, 2.05) is 4.68 Å². The van der Waals surface area contributed by atoms with Crippen LogP contribution in [0.5, 0.6) is 0 Å². The third-order valence-corrected chi connectivity index (χ3v) is 3.37. The highest BCUT2D eigenvalue weighted by molar-refractivity contribution is 5.28. The van der Waals surface area contributed by atoms with Gasteiger partial charge in [0.1, 0.15) is 0 Å². The van der Waals surface area contributed by atoms with E-state index in [-0.39, 0.29) is 6.61 Å². The third-order valence-electron chi connectivity index (χ3n) is 3.37. The van der Waals surface area contributed by atoms with Crippen molar-refractivity contribution in [3.05, 3.63) is 17.0 Å². The minimum atomic E-state index is 0.122. The van der Waals surface area contributed by atoms with Gasteiger partial charge in [-0.05, 0) is 18.8 Å². The van der Waals surface area contributed by atoms with Crippen LogP contribution in [-0.2, 0) is 26.1 Å². The van der Waals surface area contributed by atoms with Crippen LogP contribution in [0.3, 0.4) is 0 Å². The van der Waals surface area contributed by atoms with Crippen LogP contribution in [0.25, 0.3) is 0 Å². The zero-order chi connectivity index (χ0) is 10.3. The molecule has 2 aliphatic rings. The quantitative estimate of drug-likeness (QED) is 0.755. The predicted molar refractivity (Wildman–Crippen MR) is 56.3 cm³/mol. The fourth-order valence-corrected chi connectivity index (χ4v) is 2.29. The molecule has 15 heavy (non-hydrogen) atoms. The van der Waals surface area contributed by atoms with E-state index >= 15 is 0 Å². The molecule has 0 spiro atoms. The monoisotopic (exact) mass is 207 g/mol. The molecule has 4 heteroatoms. The summed E-state index contributed by atoms with van der Waals surface area (Å²) in [7, 11) is 0. The number of aromatic nitrogens is 2. The van der Waals surface area contributed by atoms with Crippen molar-refractivity contribution in [2.75, 3.05) is 6.54 Å². The van der Waals surface area contributed by atoms with E-state index in [9.17, 15) is 5.11 Å². The van der Waals surface area contributed by atoms with Crippen molar-refractivity contribution in [2.24, 2.45) is 5.92 Å². The maximum Gasteiger partial charge on any atom is 0.0853 e. The summed E-state index contributed by atoms with van der Waals surface area (Å²) in [6, 6.07) is 0. The fraction of sp³-hybridized carbons (Fsp3) is 0.727. The van der Waals surface area contributed by atoms with Gasteiger partial charge in [0.25, 0.3) is 0 Å². The number of hydrogen-bond donors (Lipinski definition) is 2. The van der Waals surface area contributed by atoms with Crippen molar-refractivity contribution in [3.63, 3.8) is 0 Å². The van der Waals surface area contributed by atoms with E-state index in [0.29, 0.717) is 0 Å². The third kappa shape index (κ3) is 1.68. The first kappa shape index (κ1) is 9.36. The van der Waals surface area contributed by atoms with Crippen LogP contribution in [0.2, 0.25) is 0 Å². The second kappa shape index (κ2) is 3.61. The summed E-state index contributed by atoms with van der Waals surface area (Å²) >= 11 is 0. The molecule has 1 aromatic heterocycles. The molecule has 0 amide bonds. The highest BCUT2D eigenvalue weighted by Gasteiger charge is 2.26. The van der Waals surface area contributed by atoms with Gasteiger partial charge in [-0.15, -0.1) is 0 Å². The van der Waals surface area contributed by atoms with Gasteiger partial charge in [-0.2, -0.15) is 5.10 Å². The predicted octanol–water partition coefficient (Wildman–Crippen LogP) is 0.431. The first-order valence-electron chi connectivity index (χ1n) is 5.77. The lowest BCUT2D eigenvalue weighted by Gasteiger charge is -2.12. The SMILES string of the molecule is OCc1c2c(nn1CC1CC1)CCNC2. The van der Waals surface area contributed by atoms with Gasteiger partial charge < -0.3 is 10.4 Å². The van der Waals surface area contributed by atoms with E-state index in [4.69, 9.17) is 0 Å². The first-order valence-corrected chi connectivity index (χ1v) is 5.77. The lowest BCUT2D eigenvalue weighted by molar-refractivity contribution is 0.265. The molecule has 3 rings (SSSR count). The topological polar surface area (TPSA) is 50.1 Å². The molecule has 0 saturated heterocycles. The van der Waals surface area contributed by atoms with Crippen LogP contribution in [-0.4, -0.2) is 21.4 Å². The Hall–Kier alpha value is -0.870. The summed E-state index contributed by atoms with van der Waals surface area (Å²) in [4.78, 5) is 0. The Labute approximate surface area is 89.3 Å². The van der Waals surface area contributed by atoms with E-state index in [2.05, 4.69) is 10.4 Å². The van der Waals surface area contributed by atoms with Gasteiger partial charge in [0.05, 0.1) is 18.0 Å². The lowest BCUT2D eigenvalue weighted by Crippen LogP contribution is -2.23. The average molecular weight is 207 g/mol. The Bertz CT molecular complexity index is 368. The summed E-state index contributed by atoms with van der Waals surface area (Å²) in [5.74, 6) is 0.810. The molecule has 0 radical (unpaired) electrons. The molecule has 0 unspecified atom stereocenters. The lowest BCUT2D eigenvalue weighted by atomic mass is 10.1. The molecule has 0 aromatic carbocycles. The van der Waals surface area contributed by atoms with Crippen LogP contribution in [0.1, 0.15) is 29.8 Å². The molecule has 1 saturated carbocycles. The number of fused-ring (bicyclic) bond motifs is 1. The summed E-state index contributed by atoms with van der Waals surface area (Å²) in [6.45, 7) is 3.01. The van der Waals surface area contributed by atoms with Crippen LogP contribution < -0.4 is 5.32 Å². The van der Waals surface area contributed by atoms with E-state index in [1.54, 1.807) is 0 Å². The second-order valence-corrected chi connectivity index (χ2v) is 4.58. The summed E-state index contributed by atoms with van der Waals surface area (Å²) in [5.41, 5.74) is 3.46. The Balaban J connectivity index is 1.93. The minimum absolute atomic E-state index is 0.122. The first-order chi connectivity index (χ1) is 7.38. The molecule has 82 valence electrons. The Morgan fingerprint density at radius 3 is 3.07 bits per heavy atom. The number of nitrogens with zero attached hydrogens (tertiary/aromatic N) is 2. The van der Waals surface area contributed by atoms with Crippen LogP contribution >= 0.6 is 0 Å². The molecule has 2 heterocycles. The minimum Gasteiger partial charge on any atom is -0.390 e. The Kier molecular flexibility index (Phi) is 2.25. The van der Waals surface area contributed by atoms with Crippen molar-refractivity contribution in [1.29, 1.82) is 0 Å². The van der Waals surface area contributed by atoms with Crippen LogP contribution in [0, 0.1) is 5.92 Å². The van der Waals surface area contributed by atoms with E-state index in [1.165, 1.54) is 24.1 Å². The fourth-order valence-electron chi connectivity index (χ4n) is 2.29. The van der Waals surface area contributed by atoms with E-state index < -0.39 is 0 Å². The largest absolute Gasteiger partial charge is 0.390 e. The standard InChI is InChI=1S/C11H17N3O/c15-7-11-9-5-12-4-3-10(9)13-14(11)6-8-1-2-8/h8,12,15H,1-7H2. The van der Waals surface area contributed by atoms with Crippen molar-refractivity contribution in [1.82, 2.24) is 15.1 Å². The van der Waals surface area contributed by atoms with Crippen LogP contribution in [0.15, 0.2) is 0 Å². The highest BCUT2D eigenvalue weighted by Crippen LogP contribution is 2.31. The zero-order valence-electron chi connectivity index (χ0n) is 8.87. The molecule has 1 aromatic rings.